The van der Waals surface area contributed by atoms with Crippen LogP contribution in [0.3, 0.4) is 0 Å². The maximum atomic E-state index is 9.82. The number of Topliss-reactive ketones (excluding diaryl/α,β-unsaturated/α-hetero) is 3. The van der Waals surface area contributed by atoms with E-state index in [1.165, 1.54) is 90.0 Å². The molecular weight excluding hydrogens is 716 g/mol. The Hall–Kier alpha value is -4.70. The zero-order valence-electron chi connectivity index (χ0n) is 36.9. The fourth-order valence-corrected chi connectivity index (χ4v) is 1.42. The molecule has 54 heavy (non-hydrogen) atoms. The molecule has 0 aromatic rings. The van der Waals surface area contributed by atoms with Gasteiger partial charge in [0.05, 0.1) is 46.2 Å². The van der Waals surface area contributed by atoms with Gasteiger partial charge < -0.3 is 47.5 Å². The monoisotopic (exact) mass is 790 g/mol. The number of hydrogen-bond donors (Lipinski definition) is 0. The third kappa shape index (κ3) is 382. The van der Waals surface area contributed by atoms with Crippen molar-refractivity contribution >= 4 is 59.1 Å². The molecule has 0 aliphatic carbocycles. The lowest BCUT2D eigenvalue weighted by molar-refractivity contribution is -0.141. The van der Waals surface area contributed by atoms with E-state index in [0.717, 1.165) is 0 Å². The van der Waals surface area contributed by atoms with Gasteiger partial charge in [0, 0.05) is 48.5 Å². The summed E-state index contributed by atoms with van der Waals surface area (Å²) < 4.78 is 30.8. The van der Waals surface area contributed by atoms with E-state index >= 15 is 0 Å². The van der Waals surface area contributed by atoms with Crippen molar-refractivity contribution in [3.63, 3.8) is 0 Å². The molecule has 0 aliphatic heterocycles. The molecule has 324 valence electrons. The van der Waals surface area contributed by atoms with Crippen LogP contribution >= 0.6 is 0 Å². The minimum Gasteiger partial charge on any atom is -0.466 e. The van der Waals surface area contributed by atoms with Crippen LogP contribution in [-0.4, -0.2) is 105 Å². The van der Waals surface area contributed by atoms with Crippen LogP contribution in [0.2, 0.25) is 0 Å². The minimum absolute atomic E-state index is 0.167. The van der Waals surface area contributed by atoms with Gasteiger partial charge in [-0.2, -0.15) is 0 Å². The molecule has 17 nitrogen and oxygen atoms in total. The average molecular weight is 791 g/mol. The molecule has 0 saturated heterocycles. The molecule has 0 rings (SSSR count). The molecule has 0 saturated carbocycles. The van der Waals surface area contributed by atoms with Crippen molar-refractivity contribution in [3.8, 4) is 0 Å². The Morgan fingerprint density at radius 1 is 0.222 bits per heavy atom. The number of rotatable bonds is 7. The van der Waals surface area contributed by atoms with Gasteiger partial charge in [-0.25, -0.2) is 0 Å². The predicted octanol–water partition coefficient (Wildman–Crippen LogP) is 5.77. The van der Waals surface area contributed by atoms with Crippen LogP contribution in [0.4, 0.5) is 0 Å². The molecule has 0 atom stereocenters. The SMILES string of the molecule is CC(C)=O.CC(C)=O.CC(C)=O.CCOC(C)=O.CCOC(C)=O.CCOC(C)=O.CCOC(C)=O.CCOC(C)=O.CCOC(C)=O.CCOC(C)=O. The van der Waals surface area contributed by atoms with Crippen molar-refractivity contribution in [3.05, 3.63) is 0 Å². The quantitative estimate of drug-likeness (QED) is 0.220. The van der Waals surface area contributed by atoms with E-state index in [-0.39, 0.29) is 59.1 Å². The van der Waals surface area contributed by atoms with Gasteiger partial charge in [-0.3, -0.25) is 33.6 Å². The predicted molar refractivity (Wildman–Crippen MR) is 205 cm³/mol. The first kappa shape index (κ1) is 74.5. The molecule has 0 radical (unpaired) electrons. The summed E-state index contributed by atoms with van der Waals surface area (Å²) in [6, 6.07) is 0. The van der Waals surface area contributed by atoms with Gasteiger partial charge in [-0.15, -0.1) is 0 Å². The summed E-state index contributed by atoms with van der Waals surface area (Å²) in [6.45, 7) is 34.7. The van der Waals surface area contributed by atoms with Crippen LogP contribution in [0.15, 0.2) is 0 Å². The average Bonchev–Trinajstić information content (AvgIpc) is 2.94. The summed E-state index contributed by atoms with van der Waals surface area (Å²) in [6.07, 6.45) is 0. The summed E-state index contributed by atoms with van der Waals surface area (Å²) in [5.41, 5.74) is 0. The maximum absolute atomic E-state index is 9.82. The fourth-order valence-electron chi connectivity index (χ4n) is 1.42. The molecule has 0 unspecified atom stereocenters. The minimum atomic E-state index is -0.211. The van der Waals surface area contributed by atoms with Crippen LogP contribution in [0, 0.1) is 0 Å². The molecule has 0 N–H and O–H groups in total. The summed E-state index contributed by atoms with van der Waals surface area (Å²) in [5, 5.41) is 0. The second-order valence-electron chi connectivity index (χ2n) is 9.20. The number of esters is 7. The lowest BCUT2D eigenvalue weighted by atomic mass is 10.6. The van der Waals surface area contributed by atoms with Crippen molar-refractivity contribution in [2.45, 2.75) is 138 Å². The zero-order chi connectivity index (χ0) is 45.7. The second kappa shape index (κ2) is 70.0. The topological polar surface area (TPSA) is 235 Å². The fraction of sp³-hybridized carbons (Fsp3) is 0.730. The number of hydrogen-bond acceptors (Lipinski definition) is 17. The van der Waals surface area contributed by atoms with E-state index < -0.39 is 0 Å². The first-order valence-corrected chi connectivity index (χ1v) is 16.9. The normalized spacial score (nSPS) is 7.41. The molecule has 0 heterocycles. The van der Waals surface area contributed by atoms with E-state index in [2.05, 4.69) is 33.2 Å². The number of ketones is 3. The van der Waals surface area contributed by atoms with Gasteiger partial charge in [0.25, 0.3) is 0 Å². The highest BCUT2D eigenvalue weighted by molar-refractivity contribution is 5.72. The summed E-state index contributed by atoms with van der Waals surface area (Å²) in [4.78, 5) is 97.1. The van der Waals surface area contributed by atoms with Gasteiger partial charge in [0.2, 0.25) is 0 Å². The Labute approximate surface area is 324 Å². The van der Waals surface area contributed by atoms with Gasteiger partial charge >= 0.3 is 41.8 Å². The lowest BCUT2D eigenvalue weighted by Crippen LogP contribution is -1.95. The van der Waals surface area contributed by atoms with Gasteiger partial charge in [0.15, 0.2) is 0 Å². The smallest absolute Gasteiger partial charge is 0.302 e. The molecule has 0 aliphatic rings. The molecule has 0 fully saturated rings. The van der Waals surface area contributed by atoms with Crippen molar-refractivity contribution in [2.75, 3.05) is 46.2 Å². The third-order valence-corrected chi connectivity index (χ3v) is 2.43. The van der Waals surface area contributed by atoms with E-state index in [9.17, 15) is 47.9 Å². The molecule has 17 heteroatoms. The molecule has 0 bridgehead atoms. The van der Waals surface area contributed by atoms with Crippen LogP contribution in [-0.2, 0) is 81.1 Å². The van der Waals surface area contributed by atoms with Crippen LogP contribution < -0.4 is 0 Å². The lowest BCUT2D eigenvalue weighted by Gasteiger charge is -1.89. The van der Waals surface area contributed by atoms with E-state index in [1.54, 1.807) is 48.5 Å². The third-order valence-electron chi connectivity index (χ3n) is 2.43. The van der Waals surface area contributed by atoms with E-state index in [0.29, 0.717) is 46.2 Å². The van der Waals surface area contributed by atoms with Gasteiger partial charge in [-0.05, 0) is 90.0 Å². The Kier molecular flexibility index (Phi) is 96.5. The first-order chi connectivity index (χ1) is 24.6. The van der Waals surface area contributed by atoms with Crippen molar-refractivity contribution in [2.24, 2.45) is 0 Å². The van der Waals surface area contributed by atoms with Gasteiger partial charge in [0.1, 0.15) is 17.3 Å². The summed E-state index contributed by atoms with van der Waals surface area (Å²) >= 11 is 0. The Morgan fingerprint density at radius 2 is 0.278 bits per heavy atom. The van der Waals surface area contributed by atoms with E-state index in [4.69, 9.17) is 0 Å². The summed E-state index contributed by atoms with van der Waals surface area (Å²) in [7, 11) is 0. The number of ether oxygens (including phenoxy) is 7. The standard InChI is InChI=1S/7C4H8O2.3C3H6O/c7*1-3-6-4(2)5;3*1-3(2)4/h7*3H2,1-2H3;3*1-2H3. The van der Waals surface area contributed by atoms with Crippen molar-refractivity contribution in [1.82, 2.24) is 0 Å². The molecule has 0 aromatic heterocycles. The van der Waals surface area contributed by atoms with Crippen molar-refractivity contribution in [1.29, 1.82) is 0 Å². The Bertz CT molecular complexity index is 730. The highest BCUT2D eigenvalue weighted by Crippen LogP contribution is 1.73. The van der Waals surface area contributed by atoms with Crippen LogP contribution in [0.1, 0.15) is 138 Å². The Morgan fingerprint density at radius 3 is 0.278 bits per heavy atom. The molecular formula is C37H74O17. The maximum Gasteiger partial charge on any atom is 0.302 e. The molecule has 0 amide bonds. The highest BCUT2D eigenvalue weighted by Gasteiger charge is 1.84. The number of carbonyl (C=O) groups excluding carboxylic acids is 10. The van der Waals surface area contributed by atoms with Gasteiger partial charge in [-0.1, -0.05) is 0 Å². The van der Waals surface area contributed by atoms with Crippen LogP contribution in [0.25, 0.3) is 0 Å². The number of carbonyl (C=O) groups is 10. The highest BCUT2D eigenvalue weighted by atomic mass is 16.6. The Balaban J connectivity index is -0.0000000500. The van der Waals surface area contributed by atoms with E-state index in [1.807, 2.05) is 0 Å². The second-order valence-corrected chi connectivity index (χ2v) is 9.20. The largest absolute Gasteiger partial charge is 0.466 e. The van der Waals surface area contributed by atoms with Crippen molar-refractivity contribution < 1.29 is 81.1 Å². The van der Waals surface area contributed by atoms with Crippen LogP contribution in [0.5, 0.6) is 0 Å². The molecule has 0 spiro atoms. The first-order valence-electron chi connectivity index (χ1n) is 16.9. The zero-order valence-corrected chi connectivity index (χ0v) is 36.9. The summed E-state index contributed by atoms with van der Waals surface area (Å²) in [5.74, 6) is -0.975. The molecule has 0 aromatic carbocycles.